The van der Waals surface area contributed by atoms with Crippen molar-refractivity contribution in [3.05, 3.63) is 65.1 Å². The minimum absolute atomic E-state index is 0.172. The highest BCUT2D eigenvalue weighted by atomic mass is 16.5. The Hall–Kier alpha value is -3.61. The van der Waals surface area contributed by atoms with Gasteiger partial charge in [0.2, 0.25) is 0 Å². The summed E-state index contributed by atoms with van der Waals surface area (Å²) >= 11 is 0. The standard InChI is InChI=1S/C24H25N3O4/c1-14-12-25-15(2)21(27-14)18-8-5-7-16-11-17(31-22(16)18)13-26-24(28)19-9-6-10-20(29-3)23(19)30-4/h5-10,12,17H,11,13H2,1-4H3,(H,26,28)/t17-/m0/s1. The number of nitrogens with one attached hydrogen (secondary N) is 1. The van der Waals surface area contributed by atoms with Gasteiger partial charge in [-0.1, -0.05) is 18.2 Å². The van der Waals surface area contributed by atoms with Gasteiger partial charge in [-0.05, 0) is 37.6 Å². The molecule has 0 unspecified atom stereocenters. The number of fused-ring (bicyclic) bond motifs is 1. The van der Waals surface area contributed by atoms with Crippen molar-refractivity contribution >= 4 is 5.91 Å². The molecule has 3 aromatic rings. The van der Waals surface area contributed by atoms with Gasteiger partial charge in [-0.2, -0.15) is 0 Å². The Bertz CT molecular complexity index is 1130. The van der Waals surface area contributed by atoms with Gasteiger partial charge >= 0.3 is 0 Å². The summed E-state index contributed by atoms with van der Waals surface area (Å²) in [6.07, 6.45) is 2.29. The number of carbonyl (C=O) groups excluding carboxylic acids is 1. The number of hydrogen-bond acceptors (Lipinski definition) is 6. The van der Waals surface area contributed by atoms with Gasteiger partial charge in [0, 0.05) is 18.2 Å². The quantitative estimate of drug-likeness (QED) is 0.658. The molecule has 4 rings (SSSR count). The number of hydrogen-bond donors (Lipinski definition) is 1. The summed E-state index contributed by atoms with van der Waals surface area (Å²) in [5.74, 6) is 1.49. The number of carbonyl (C=O) groups is 1. The van der Waals surface area contributed by atoms with E-state index in [0.29, 0.717) is 30.0 Å². The van der Waals surface area contributed by atoms with Crippen molar-refractivity contribution in [2.24, 2.45) is 0 Å². The van der Waals surface area contributed by atoms with Crippen LogP contribution in [0.1, 0.15) is 27.3 Å². The predicted octanol–water partition coefficient (Wildman–Crippen LogP) is 3.51. The number of aromatic nitrogens is 2. The normalized spacial score (nSPS) is 14.5. The molecule has 2 aromatic carbocycles. The number of para-hydroxylation sites is 2. The molecule has 1 N–H and O–H groups in total. The highest BCUT2D eigenvalue weighted by Gasteiger charge is 2.28. The fraction of sp³-hybridized carbons (Fsp3) is 0.292. The summed E-state index contributed by atoms with van der Waals surface area (Å²) in [4.78, 5) is 21.9. The van der Waals surface area contributed by atoms with Crippen LogP contribution in [0.2, 0.25) is 0 Å². The first-order chi connectivity index (χ1) is 15.0. The van der Waals surface area contributed by atoms with Crippen LogP contribution < -0.4 is 19.5 Å². The van der Waals surface area contributed by atoms with Crippen LogP contribution >= 0.6 is 0 Å². The van der Waals surface area contributed by atoms with E-state index >= 15 is 0 Å². The summed E-state index contributed by atoms with van der Waals surface area (Å²) < 4.78 is 16.9. The number of rotatable bonds is 6. The second-order valence-corrected chi connectivity index (χ2v) is 7.43. The van der Waals surface area contributed by atoms with E-state index in [0.717, 1.165) is 34.0 Å². The highest BCUT2D eigenvalue weighted by Crippen LogP contribution is 2.39. The van der Waals surface area contributed by atoms with Crippen LogP contribution in [0.15, 0.2) is 42.6 Å². The van der Waals surface area contributed by atoms with Crippen molar-refractivity contribution in [2.75, 3.05) is 20.8 Å². The van der Waals surface area contributed by atoms with Crippen LogP contribution in [0.25, 0.3) is 11.3 Å². The van der Waals surface area contributed by atoms with E-state index in [4.69, 9.17) is 14.2 Å². The number of amides is 1. The second kappa shape index (κ2) is 8.63. The first-order valence-electron chi connectivity index (χ1n) is 10.1. The molecule has 1 aromatic heterocycles. The molecular weight excluding hydrogens is 394 g/mol. The minimum atomic E-state index is -0.240. The zero-order valence-electron chi connectivity index (χ0n) is 18.1. The van der Waals surface area contributed by atoms with Crippen LogP contribution in [0.3, 0.4) is 0 Å². The van der Waals surface area contributed by atoms with Crippen molar-refractivity contribution in [2.45, 2.75) is 26.4 Å². The van der Waals surface area contributed by atoms with Gasteiger partial charge in [0.25, 0.3) is 5.91 Å². The van der Waals surface area contributed by atoms with E-state index in [2.05, 4.69) is 15.3 Å². The Morgan fingerprint density at radius 1 is 1.16 bits per heavy atom. The Morgan fingerprint density at radius 2 is 1.97 bits per heavy atom. The molecule has 7 heteroatoms. The van der Waals surface area contributed by atoms with Crippen molar-refractivity contribution < 1.29 is 19.0 Å². The summed E-state index contributed by atoms with van der Waals surface area (Å²) in [6.45, 7) is 4.23. The van der Waals surface area contributed by atoms with E-state index < -0.39 is 0 Å². The van der Waals surface area contributed by atoms with Gasteiger partial charge in [-0.3, -0.25) is 9.78 Å². The Kier molecular flexibility index (Phi) is 5.75. The van der Waals surface area contributed by atoms with Gasteiger partial charge in [0.15, 0.2) is 11.5 Å². The predicted molar refractivity (Wildman–Crippen MR) is 117 cm³/mol. The molecule has 1 atom stereocenters. The summed E-state index contributed by atoms with van der Waals surface area (Å²) in [6, 6.07) is 11.3. The molecule has 1 aliphatic rings. The lowest BCUT2D eigenvalue weighted by atomic mass is 10.0. The van der Waals surface area contributed by atoms with E-state index in [1.165, 1.54) is 7.11 Å². The van der Waals surface area contributed by atoms with Crippen LogP contribution in [0.4, 0.5) is 0 Å². The van der Waals surface area contributed by atoms with Crippen LogP contribution in [0.5, 0.6) is 17.2 Å². The third-order valence-corrected chi connectivity index (χ3v) is 5.30. The van der Waals surface area contributed by atoms with Gasteiger partial charge in [0.1, 0.15) is 11.9 Å². The number of methoxy groups -OCH3 is 2. The lowest BCUT2D eigenvalue weighted by Gasteiger charge is -2.15. The second-order valence-electron chi connectivity index (χ2n) is 7.43. The number of nitrogens with zero attached hydrogens (tertiary/aromatic N) is 2. The fourth-order valence-corrected chi connectivity index (χ4v) is 3.80. The van der Waals surface area contributed by atoms with Gasteiger partial charge in [0.05, 0.1) is 43.4 Å². The molecular formula is C24H25N3O4. The van der Waals surface area contributed by atoms with E-state index in [9.17, 15) is 4.79 Å². The molecule has 2 heterocycles. The Labute approximate surface area is 181 Å². The molecule has 1 aliphatic heterocycles. The van der Waals surface area contributed by atoms with Crippen LogP contribution in [0, 0.1) is 13.8 Å². The molecule has 160 valence electrons. The molecule has 0 saturated heterocycles. The topological polar surface area (TPSA) is 82.6 Å². The molecule has 0 saturated carbocycles. The third kappa shape index (κ3) is 4.03. The van der Waals surface area contributed by atoms with Crippen molar-refractivity contribution in [1.82, 2.24) is 15.3 Å². The van der Waals surface area contributed by atoms with Gasteiger partial charge in [-0.15, -0.1) is 0 Å². The zero-order chi connectivity index (χ0) is 22.0. The number of ether oxygens (including phenoxy) is 3. The summed E-state index contributed by atoms with van der Waals surface area (Å²) in [5.41, 5.74) is 4.97. The summed E-state index contributed by atoms with van der Waals surface area (Å²) in [7, 11) is 3.06. The molecule has 0 bridgehead atoms. The molecule has 0 fully saturated rings. The average Bonchev–Trinajstić information content (AvgIpc) is 3.21. The maximum Gasteiger partial charge on any atom is 0.255 e. The van der Waals surface area contributed by atoms with E-state index in [1.807, 2.05) is 32.0 Å². The van der Waals surface area contributed by atoms with Crippen molar-refractivity contribution in [3.63, 3.8) is 0 Å². The Balaban J connectivity index is 1.50. The molecule has 0 spiro atoms. The van der Waals surface area contributed by atoms with E-state index in [-0.39, 0.29) is 12.0 Å². The van der Waals surface area contributed by atoms with Crippen molar-refractivity contribution in [1.29, 1.82) is 0 Å². The lowest BCUT2D eigenvalue weighted by molar-refractivity contribution is 0.0930. The summed E-state index contributed by atoms with van der Waals surface area (Å²) in [5, 5.41) is 2.95. The molecule has 31 heavy (non-hydrogen) atoms. The molecule has 0 aliphatic carbocycles. The smallest absolute Gasteiger partial charge is 0.255 e. The molecule has 0 radical (unpaired) electrons. The first-order valence-corrected chi connectivity index (χ1v) is 10.1. The van der Waals surface area contributed by atoms with Gasteiger partial charge in [-0.25, -0.2) is 4.98 Å². The zero-order valence-corrected chi connectivity index (χ0v) is 18.1. The van der Waals surface area contributed by atoms with E-state index in [1.54, 1.807) is 31.5 Å². The molecule has 7 nitrogen and oxygen atoms in total. The SMILES string of the molecule is COc1cccc(C(=O)NC[C@@H]2Cc3cccc(-c4nc(C)cnc4C)c3O2)c1OC. The number of benzene rings is 2. The van der Waals surface area contributed by atoms with Crippen molar-refractivity contribution in [3.8, 4) is 28.5 Å². The number of aryl methyl sites for hydroxylation is 2. The maximum atomic E-state index is 12.8. The fourth-order valence-electron chi connectivity index (χ4n) is 3.80. The largest absolute Gasteiger partial charge is 0.493 e. The first kappa shape index (κ1) is 20.7. The lowest BCUT2D eigenvalue weighted by Crippen LogP contribution is -2.34. The molecule has 1 amide bonds. The monoisotopic (exact) mass is 419 g/mol. The third-order valence-electron chi connectivity index (χ3n) is 5.30. The average molecular weight is 419 g/mol. The van der Waals surface area contributed by atoms with Gasteiger partial charge < -0.3 is 19.5 Å². The van der Waals surface area contributed by atoms with Crippen LogP contribution in [-0.2, 0) is 6.42 Å². The maximum absolute atomic E-state index is 12.8. The Morgan fingerprint density at radius 3 is 2.74 bits per heavy atom. The minimum Gasteiger partial charge on any atom is -0.493 e. The van der Waals surface area contributed by atoms with Crippen LogP contribution in [-0.4, -0.2) is 42.7 Å². The highest BCUT2D eigenvalue weighted by molar-refractivity contribution is 5.97.